The average Bonchev–Trinajstić information content (AvgIpc) is 2.30. The van der Waals surface area contributed by atoms with Gasteiger partial charge in [0, 0.05) is 44.3 Å². The van der Waals surface area contributed by atoms with Crippen LogP contribution < -0.4 is 5.73 Å². The Labute approximate surface area is 99.4 Å². The van der Waals surface area contributed by atoms with Gasteiger partial charge in [0.15, 0.2) is 0 Å². The Balaban J connectivity index is 2.45. The van der Waals surface area contributed by atoms with E-state index in [1.165, 1.54) is 0 Å². The fourth-order valence-corrected chi connectivity index (χ4v) is 2.38. The molecular weight excluding hydrogens is 202 g/mol. The number of nitrogens with zero attached hydrogens (tertiary/aromatic N) is 2. The van der Waals surface area contributed by atoms with Gasteiger partial charge in [-0.25, -0.2) is 0 Å². The van der Waals surface area contributed by atoms with E-state index in [1.54, 1.807) is 0 Å². The lowest BCUT2D eigenvalue weighted by atomic mass is 10.0. The first kappa shape index (κ1) is 13.9. The number of aliphatic hydroxyl groups excluding tert-OH is 1. The minimum absolute atomic E-state index is 0.0931. The first-order chi connectivity index (χ1) is 7.60. The van der Waals surface area contributed by atoms with Crippen LogP contribution in [0.25, 0.3) is 0 Å². The molecule has 1 aliphatic heterocycles. The molecule has 0 spiro atoms. The second-order valence-corrected chi connectivity index (χ2v) is 4.99. The standard InChI is InChI=1S/C12H27N3O/c1-4-11(13)12(9-16)15-7-5-14(6-8-15)10(2)3/h10-12,16H,4-9,13H2,1-3H3. The Morgan fingerprint density at radius 2 is 1.62 bits per heavy atom. The molecule has 0 saturated carbocycles. The molecule has 1 saturated heterocycles. The van der Waals surface area contributed by atoms with Crippen molar-refractivity contribution in [3.05, 3.63) is 0 Å². The van der Waals surface area contributed by atoms with E-state index in [0.717, 1.165) is 32.6 Å². The van der Waals surface area contributed by atoms with Crippen molar-refractivity contribution in [2.45, 2.75) is 45.3 Å². The van der Waals surface area contributed by atoms with E-state index in [-0.39, 0.29) is 18.7 Å². The smallest absolute Gasteiger partial charge is 0.0601 e. The Bertz CT molecular complexity index is 191. The van der Waals surface area contributed by atoms with Gasteiger partial charge in [0.2, 0.25) is 0 Å². The van der Waals surface area contributed by atoms with Crippen molar-refractivity contribution in [1.29, 1.82) is 0 Å². The molecule has 4 heteroatoms. The molecule has 1 aliphatic rings. The van der Waals surface area contributed by atoms with Crippen LogP contribution in [0, 0.1) is 0 Å². The number of aliphatic hydroxyl groups is 1. The maximum Gasteiger partial charge on any atom is 0.0601 e. The summed E-state index contributed by atoms with van der Waals surface area (Å²) < 4.78 is 0. The van der Waals surface area contributed by atoms with Crippen LogP contribution in [0.3, 0.4) is 0 Å². The van der Waals surface area contributed by atoms with Gasteiger partial charge in [-0.05, 0) is 20.3 Å². The van der Waals surface area contributed by atoms with E-state index in [2.05, 4.69) is 30.6 Å². The van der Waals surface area contributed by atoms with Gasteiger partial charge in [0.25, 0.3) is 0 Å². The molecule has 0 bridgehead atoms. The average molecular weight is 229 g/mol. The highest BCUT2D eigenvalue weighted by molar-refractivity contribution is 4.85. The molecule has 1 fully saturated rings. The predicted octanol–water partition coefficient (Wildman–Crippen LogP) is 0.111. The molecule has 0 aromatic heterocycles. The van der Waals surface area contributed by atoms with E-state index >= 15 is 0 Å². The van der Waals surface area contributed by atoms with Gasteiger partial charge < -0.3 is 10.8 Å². The number of nitrogens with two attached hydrogens (primary N) is 1. The zero-order valence-corrected chi connectivity index (χ0v) is 10.9. The zero-order chi connectivity index (χ0) is 12.1. The summed E-state index contributed by atoms with van der Waals surface area (Å²) in [4.78, 5) is 4.81. The first-order valence-corrected chi connectivity index (χ1v) is 6.44. The minimum Gasteiger partial charge on any atom is -0.395 e. The van der Waals surface area contributed by atoms with Gasteiger partial charge in [-0.3, -0.25) is 9.80 Å². The predicted molar refractivity (Wildman–Crippen MR) is 67.4 cm³/mol. The van der Waals surface area contributed by atoms with E-state index in [1.807, 2.05) is 0 Å². The molecule has 4 nitrogen and oxygen atoms in total. The molecule has 0 radical (unpaired) electrons. The molecule has 0 aromatic carbocycles. The number of hydrogen-bond donors (Lipinski definition) is 2. The van der Waals surface area contributed by atoms with Crippen LogP contribution in [-0.4, -0.2) is 65.8 Å². The highest BCUT2D eigenvalue weighted by Gasteiger charge is 2.27. The van der Waals surface area contributed by atoms with Crippen LogP contribution in [0.15, 0.2) is 0 Å². The third-order valence-electron chi connectivity index (χ3n) is 3.70. The minimum atomic E-state index is 0.0931. The monoisotopic (exact) mass is 229 g/mol. The Morgan fingerprint density at radius 1 is 1.12 bits per heavy atom. The van der Waals surface area contributed by atoms with Crippen molar-refractivity contribution in [3.8, 4) is 0 Å². The van der Waals surface area contributed by atoms with Crippen LogP contribution in [0.5, 0.6) is 0 Å². The highest BCUT2D eigenvalue weighted by atomic mass is 16.3. The number of hydrogen-bond acceptors (Lipinski definition) is 4. The van der Waals surface area contributed by atoms with Crippen molar-refractivity contribution in [2.75, 3.05) is 32.8 Å². The third kappa shape index (κ3) is 3.42. The molecule has 1 heterocycles. The summed E-state index contributed by atoms with van der Waals surface area (Å²) in [5.41, 5.74) is 6.04. The molecule has 0 amide bonds. The van der Waals surface area contributed by atoms with Crippen molar-refractivity contribution in [2.24, 2.45) is 5.73 Å². The molecule has 96 valence electrons. The molecule has 0 aliphatic carbocycles. The van der Waals surface area contributed by atoms with Crippen molar-refractivity contribution >= 4 is 0 Å². The van der Waals surface area contributed by atoms with Crippen LogP contribution in [0.2, 0.25) is 0 Å². The van der Waals surface area contributed by atoms with E-state index < -0.39 is 0 Å². The normalized spacial score (nSPS) is 23.6. The van der Waals surface area contributed by atoms with Gasteiger partial charge in [-0.1, -0.05) is 6.92 Å². The first-order valence-electron chi connectivity index (χ1n) is 6.44. The highest BCUT2D eigenvalue weighted by Crippen LogP contribution is 2.11. The lowest BCUT2D eigenvalue weighted by Gasteiger charge is -2.41. The third-order valence-corrected chi connectivity index (χ3v) is 3.70. The van der Waals surface area contributed by atoms with Crippen molar-refractivity contribution in [1.82, 2.24) is 9.80 Å². The van der Waals surface area contributed by atoms with Gasteiger partial charge in [0.1, 0.15) is 0 Å². The Hall–Kier alpha value is -0.160. The van der Waals surface area contributed by atoms with Gasteiger partial charge >= 0.3 is 0 Å². The summed E-state index contributed by atoms with van der Waals surface area (Å²) in [6, 6.07) is 0.851. The molecular formula is C12H27N3O. The van der Waals surface area contributed by atoms with Crippen molar-refractivity contribution < 1.29 is 5.11 Å². The van der Waals surface area contributed by atoms with E-state index in [9.17, 15) is 5.11 Å². The summed E-state index contributed by atoms with van der Waals surface area (Å²) in [5.74, 6) is 0. The Kier molecular flexibility index (Phi) is 5.69. The van der Waals surface area contributed by atoms with Gasteiger partial charge in [0.05, 0.1) is 6.61 Å². The molecule has 16 heavy (non-hydrogen) atoms. The van der Waals surface area contributed by atoms with Gasteiger partial charge in [-0.2, -0.15) is 0 Å². The molecule has 0 aromatic rings. The second kappa shape index (κ2) is 6.55. The van der Waals surface area contributed by atoms with Crippen LogP contribution in [-0.2, 0) is 0 Å². The van der Waals surface area contributed by atoms with Crippen LogP contribution >= 0.6 is 0 Å². The lowest BCUT2D eigenvalue weighted by molar-refractivity contribution is 0.0425. The van der Waals surface area contributed by atoms with Crippen LogP contribution in [0.4, 0.5) is 0 Å². The SMILES string of the molecule is CCC(N)C(CO)N1CCN(C(C)C)CC1. The number of piperazine rings is 1. The summed E-state index contributed by atoms with van der Waals surface area (Å²) in [6.45, 7) is 11.0. The molecule has 2 unspecified atom stereocenters. The maximum absolute atomic E-state index is 9.42. The molecule has 3 N–H and O–H groups in total. The van der Waals surface area contributed by atoms with E-state index in [0.29, 0.717) is 6.04 Å². The molecule has 2 atom stereocenters. The summed E-state index contributed by atoms with van der Waals surface area (Å²) in [7, 11) is 0. The summed E-state index contributed by atoms with van der Waals surface area (Å²) in [6.07, 6.45) is 0.926. The van der Waals surface area contributed by atoms with Crippen molar-refractivity contribution in [3.63, 3.8) is 0 Å². The summed E-state index contributed by atoms with van der Waals surface area (Å²) in [5, 5.41) is 9.42. The topological polar surface area (TPSA) is 52.7 Å². The molecule has 1 rings (SSSR count). The zero-order valence-electron chi connectivity index (χ0n) is 10.9. The number of rotatable bonds is 5. The lowest BCUT2D eigenvalue weighted by Crippen LogP contribution is -2.57. The Morgan fingerprint density at radius 3 is 2.00 bits per heavy atom. The second-order valence-electron chi connectivity index (χ2n) is 4.99. The fourth-order valence-electron chi connectivity index (χ4n) is 2.38. The van der Waals surface area contributed by atoms with Gasteiger partial charge in [-0.15, -0.1) is 0 Å². The summed E-state index contributed by atoms with van der Waals surface area (Å²) >= 11 is 0. The van der Waals surface area contributed by atoms with E-state index in [4.69, 9.17) is 5.73 Å². The largest absolute Gasteiger partial charge is 0.395 e. The van der Waals surface area contributed by atoms with Crippen LogP contribution in [0.1, 0.15) is 27.2 Å². The quantitative estimate of drug-likeness (QED) is 0.702. The maximum atomic E-state index is 9.42. The fraction of sp³-hybridized carbons (Fsp3) is 1.00.